The van der Waals surface area contributed by atoms with E-state index in [4.69, 9.17) is 4.74 Å². The van der Waals surface area contributed by atoms with Crippen LogP contribution in [0.3, 0.4) is 0 Å². The average Bonchev–Trinajstić information content (AvgIpc) is 3.16. The second kappa shape index (κ2) is 11.5. The molecule has 1 atom stereocenters. The first-order chi connectivity index (χ1) is 12.6. The molecular weight excluding hydrogens is 364 g/mol. The van der Waals surface area contributed by atoms with Gasteiger partial charge in [0, 0.05) is 43.8 Å². The Balaban J connectivity index is 0.00000364. The summed E-state index contributed by atoms with van der Waals surface area (Å²) in [6, 6.07) is 8.07. The molecule has 1 aliphatic rings. The number of aryl methyl sites for hydroxylation is 1. The lowest BCUT2D eigenvalue weighted by atomic mass is 10.1. The summed E-state index contributed by atoms with van der Waals surface area (Å²) in [4.78, 5) is 14.4. The van der Waals surface area contributed by atoms with E-state index in [9.17, 15) is 10.1 Å². The van der Waals surface area contributed by atoms with Crippen LogP contribution in [0.2, 0.25) is 0 Å². The monoisotopic (exact) mass is 391 g/mol. The maximum Gasteiger partial charge on any atom is 0.263 e. The maximum atomic E-state index is 12.2. The van der Waals surface area contributed by atoms with Crippen molar-refractivity contribution in [1.82, 2.24) is 5.32 Å². The van der Waals surface area contributed by atoms with Crippen molar-refractivity contribution in [2.24, 2.45) is 0 Å². The van der Waals surface area contributed by atoms with E-state index < -0.39 is 0 Å². The van der Waals surface area contributed by atoms with Gasteiger partial charge < -0.3 is 32.7 Å². The molecule has 2 N–H and O–H groups in total. The summed E-state index contributed by atoms with van der Waals surface area (Å²) in [5, 5.41) is 15.1. The summed E-state index contributed by atoms with van der Waals surface area (Å²) in [6.07, 6.45) is 3.49. The molecule has 0 saturated carbocycles. The quantitative estimate of drug-likeness (QED) is 0.480. The zero-order valence-corrected chi connectivity index (χ0v) is 17.0. The summed E-state index contributed by atoms with van der Waals surface area (Å²) in [5.74, 6) is -0.382. The standard InChI is InChI=1S/C20H28N4O2.ClH/c1-4-24(5-2)17-8-9-19(15(3)11-17)22-13-16(12-21)20(25)23-14-18-7-6-10-26-18;/h8-9,11,13,18,22H,4-7,10,14H2,1-3H3,(H,23,25);1H/p-1/b16-13-;. The summed E-state index contributed by atoms with van der Waals surface area (Å²) >= 11 is 0. The fourth-order valence-corrected chi connectivity index (χ4v) is 3.00. The van der Waals surface area contributed by atoms with Crippen LogP contribution in [0.15, 0.2) is 30.0 Å². The Labute approximate surface area is 168 Å². The van der Waals surface area contributed by atoms with Gasteiger partial charge in [-0.25, -0.2) is 0 Å². The summed E-state index contributed by atoms with van der Waals surface area (Å²) in [7, 11) is 0. The molecule has 6 nitrogen and oxygen atoms in total. The third-order valence-corrected chi connectivity index (χ3v) is 4.59. The SMILES string of the molecule is CCN(CC)c1ccc(N/C=C(/C#N)C(=O)NCC2CCCO2)c(C)c1.[Cl-]. The van der Waals surface area contributed by atoms with Crippen molar-refractivity contribution in [3.63, 3.8) is 0 Å². The minimum absolute atomic E-state index is 0. The van der Waals surface area contributed by atoms with Gasteiger partial charge in [-0.2, -0.15) is 5.26 Å². The summed E-state index contributed by atoms with van der Waals surface area (Å²) in [5.41, 5.74) is 3.15. The van der Waals surface area contributed by atoms with Crippen LogP contribution in [0.4, 0.5) is 11.4 Å². The lowest BCUT2D eigenvalue weighted by Gasteiger charge is -2.22. The molecule has 1 amide bonds. The molecule has 7 heteroatoms. The van der Waals surface area contributed by atoms with Crippen LogP contribution in [-0.2, 0) is 9.53 Å². The summed E-state index contributed by atoms with van der Waals surface area (Å²) in [6.45, 7) is 9.34. The van der Waals surface area contributed by atoms with E-state index in [1.54, 1.807) is 0 Å². The number of amides is 1. The van der Waals surface area contributed by atoms with Crippen LogP contribution in [0, 0.1) is 18.3 Å². The predicted octanol–water partition coefficient (Wildman–Crippen LogP) is -0.0402. The molecule has 0 bridgehead atoms. The highest BCUT2D eigenvalue weighted by Gasteiger charge is 2.17. The molecule has 0 aromatic heterocycles. The van der Waals surface area contributed by atoms with E-state index >= 15 is 0 Å². The number of hydrogen-bond acceptors (Lipinski definition) is 5. The molecule has 0 radical (unpaired) electrons. The molecule has 1 fully saturated rings. The number of halogens is 1. The number of carbonyl (C=O) groups is 1. The molecule has 1 unspecified atom stereocenters. The Morgan fingerprint density at radius 3 is 2.70 bits per heavy atom. The van der Waals surface area contributed by atoms with Gasteiger partial charge in [0.1, 0.15) is 11.6 Å². The van der Waals surface area contributed by atoms with Crippen molar-refractivity contribution in [3.8, 4) is 6.07 Å². The number of nitrogens with one attached hydrogen (secondary N) is 2. The lowest BCUT2D eigenvalue weighted by molar-refractivity contribution is -0.117. The number of nitriles is 1. The minimum atomic E-state index is -0.382. The Morgan fingerprint density at radius 1 is 1.41 bits per heavy atom. The fraction of sp³-hybridized carbons (Fsp3) is 0.500. The second-order valence-electron chi connectivity index (χ2n) is 6.33. The number of carbonyl (C=O) groups excluding carboxylic acids is 1. The van der Waals surface area contributed by atoms with Crippen molar-refractivity contribution in [1.29, 1.82) is 5.26 Å². The van der Waals surface area contributed by atoms with Gasteiger partial charge in [-0.1, -0.05) is 0 Å². The molecular formula is C20H28ClN4O2-. The molecule has 148 valence electrons. The molecule has 0 aliphatic carbocycles. The molecule has 0 spiro atoms. The molecule has 1 aliphatic heterocycles. The molecule has 1 saturated heterocycles. The van der Waals surface area contributed by atoms with Crippen LogP contribution in [0.25, 0.3) is 0 Å². The van der Waals surface area contributed by atoms with Gasteiger partial charge in [0.2, 0.25) is 0 Å². The number of rotatable bonds is 8. The van der Waals surface area contributed by atoms with Gasteiger partial charge in [0.25, 0.3) is 5.91 Å². The number of anilines is 2. The van der Waals surface area contributed by atoms with Crippen molar-refractivity contribution in [3.05, 3.63) is 35.5 Å². The fourth-order valence-electron chi connectivity index (χ4n) is 3.00. The summed E-state index contributed by atoms with van der Waals surface area (Å²) < 4.78 is 5.47. The molecule has 1 aromatic rings. The van der Waals surface area contributed by atoms with E-state index in [0.29, 0.717) is 6.54 Å². The first kappa shape index (κ1) is 22.8. The molecule has 27 heavy (non-hydrogen) atoms. The first-order valence-electron chi connectivity index (χ1n) is 9.21. The zero-order chi connectivity index (χ0) is 18.9. The van der Waals surface area contributed by atoms with E-state index in [1.165, 1.54) is 6.20 Å². The Morgan fingerprint density at radius 2 is 2.15 bits per heavy atom. The lowest BCUT2D eigenvalue weighted by Crippen LogP contribution is -3.00. The predicted molar refractivity (Wildman–Crippen MR) is 104 cm³/mol. The van der Waals surface area contributed by atoms with E-state index in [-0.39, 0.29) is 30.0 Å². The van der Waals surface area contributed by atoms with Crippen LogP contribution < -0.4 is 27.9 Å². The van der Waals surface area contributed by atoms with Crippen LogP contribution in [-0.4, -0.2) is 38.3 Å². The van der Waals surface area contributed by atoms with E-state index in [2.05, 4.69) is 35.4 Å². The van der Waals surface area contributed by atoms with Crippen LogP contribution in [0.1, 0.15) is 32.3 Å². The van der Waals surface area contributed by atoms with Gasteiger partial charge in [0.15, 0.2) is 0 Å². The number of nitrogens with zero attached hydrogens (tertiary/aromatic N) is 2. The smallest absolute Gasteiger partial charge is 0.263 e. The molecule has 1 heterocycles. The highest BCUT2D eigenvalue weighted by atomic mass is 35.5. The maximum absolute atomic E-state index is 12.2. The van der Waals surface area contributed by atoms with Crippen molar-refractivity contribution in [2.45, 2.75) is 39.7 Å². The third-order valence-electron chi connectivity index (χ3n) is 4.59. The zero-order valence-electron chi connectivity index (χ0n) is 16.2. The van der Waals surface area contributed by atoms with Gasteiger partial charge in [0.05, 0.1) is 6.10 Å². The van der Waals surface area contributed by atoms with E-state index in [1.807, 2.05) is 25.1 Å². The van der Waals surface area contributed by atoms with Gasteiger partial charge >= 0.3 is 0 Å². The Bertz CT molecular complexity index is 690. The molecule has 2 rings (SSSR count). The topological polar surface area (TPSA) is 77.4 Å². The van der Waals surface area contributed by atoms with E-state index in [0.717, 1.165) is 49.5 Å². The number of benzene rings is 1. The van der Waals surface area contributed by atoms with Crippen molar-refractivity contribution < 1.29 is 21.9 Å². The Hall–Kier alpha value is -2.23. The highest BCUT2D eigenvalue weighted by Crippen LogP contribution is 2.22. The minimum Gasteiger partial charge on any atom is -1.00 e. The van der Waals surface area contributed by atoms with Gasteiger partial charge in [-0.15, -0.1) is 0 Å². The highest BCUT2D eigenvalue weighted by molar-refractivity contribution is 5.97. The average molecular weight is 392 g/mol. The molecule has 1 aromatic carbocycles. The van der Waals surface area contributed by atoms with Crippen LogP contribution in [0.5, 0.6) is 0 Å². The number of hydrogen-bond donors (Lipinski definition) is 2. The largest absolute Gasteiger partial charge is 1.00 e. The van der Waals surface area contributed by atoms with Gasteiger partial charge in [-0.05, 0) is 57.4 Å². The van der Waals surface area contributed by atoms with Gasteiger partial charge in [-0.3, -0.25) is 4.79 Å². The first-order valence-corrected chi connectivity index (χ1v) is 9.21. The van der Waals surface area contributed by atoms with Crippen LogP contribution >= 0.6 is 0 Å². The second-order valence-corrected chi connectivity index (χ2v) is 6.33. The normalized spacial score (nSPS) is 16.2. The third kappa shape index (κ3) is 6.46. The van der Waals surface area contributed by atoms with Crippen molar-refractivity contribution in [2.75, 3.05) is 36.5 Å². The van der Waals surface area contributed by atoms with Crippen molar-refractivity contribution >= 4 is 17.3 Å². The number of ether oxygens (including phenoxy) is 1. The Kier molecular flexibility index (Phi) is 9.70.